The van der Waals surface area contributed by atoms with Crippen LogP contribution in [0.2, 0.25) is 0 Å². The number of pyridine rings is 1. The molecule has 21 heavy (non-hydrogen) atoms. The van der Waals surface area contributed by atoms with Crippen molar-refractivity contribution in [1.29, 1.82) is 0 Å². The Morgan fingerprint density at radius 2 is 2.05 bits per heavy atom. The zero-order valence-corrected chi connectivity index (χ0v) is 11.2. The zero-order chi connectivity index (χ0) is 15.0. The molecule has 108 valence electrons. The fourth-order valence-electron chi connectivity index (χ4n) is 2.42. The third-order valence-electron chi connectivity index (χ3n) is 3.63. The molecule has 2 aromatic rings. The van der Waals surface area contributed by atoms with Gasteiger partial charge in [0.15, 0.2) is 0 Å². The van der Waals surface area contributed by atoms with Crippen molar-refractivity contribution in [1.82, 2.24) is 4.57 Å². The summed E-state index contributed by atoms with van der Waals surface area (Å²) in [4.78, 5) is 22.8. The third kappa shape index (κ3) is 2.45. The normalized spacial score (nSPS) is 14.1. The summed E-state index contributed by atoms with van der Waals surface area (Å²) in [5, 5.41) is 20.1. The largest absolute Gasteiger partial charge is 0.391 e. The second-order valence-electron chi connectivity index (χ2n) is 5.12. The maximum absolute atomic E-state index is 12.4. The van der Waals surface area contributed by atoms with Gasteiger partial charge in [-0.2, -0.15) is 0 Å². The van der Waals surface area contributed by atoms with Crippen LogP contribution in [-0.2, 0) is 6.61 Å². The van der Waals surface area contributed by atoms with Crippen molar-refractivity contribution >= 4 is 5.69 Å². The molecule has 1 saturated carbocycles. The number of aromatic nitrogens is 1. The number of hydrogen-bond acceptors (Lipinski definition) is 4. The van der Waals surface area contributed by atoms with Gasteiger partial charge in [-0.15, -0.1) is 0 Å². The summed E-state index contributed by atoms with van der Waals surface area (Å²) in [5.41, 5.74) is 1.41. The summed E-state index contributed by atoms with van der Waals surface area (Å²) < 4.78 is 1.64. The molecule has 1 N–H and O–H groups in total. The maximum atomic E-state index is 12.4. The summed E-state index contributed by atoms with van der Waals surface area (Å²) in [5.74, 6) is 0. The van der Waals surface area contributed by atoms with E-state index in [9.17, 15) is 20.0 Å². The number of benzene rings is 1. The molecular formula is C15H14N2O4. The molecule has 3 rings (SSSR count). The molecule has 0 spiro atoms. The van der Waals surface area contributed by atoms with E-state index in [1.54, 1.807) is 28.8 Å². The van der Waals surface area contributed by atoms with Crippen molar-refractivity contribution in [3.63, 3.8) is 0 Å². The van der Waals surface area contributed by atoms with Crippen molar-refractivity contribution in [2.24, 2.45) is 0 Å². The number of nitro benzene ring substituents is 1. The van der Waals surface area contributed by atoms with Gasteiger partial charge in [-0.05, 0) is 25.0 Å². The minimum Gasteiger partial charge on any atom is -0.391 e. The number of nitrogens with zero attached hydrogens (tertiary/aromatic N) is 2. The highest BCUT2D eigenvalue weighted by atomic mass is 16.6. The first-order chi connectivity index (χ1) is 10.1. The van der Waals surface area contributed by atoms with E-state index in [0.717, 1.165) is 12.8 Å². The first-order valence-corrected chi connectivity index (χ1v) is 6.72. The van der Waals surface area contributed by atoms with Crippen molar-refractivity contribution in [2.75, 3.05) is 0 Å². The molecule has 0 unspecified atom stereocenters. The lowest BCUT2D eigenvalue weighted by Gasteiger charge is -2.13. The monoisotopic (exact) mass is 286 g/mol. The van der Waals surface area contributed by atoms with Crippen LogP contribution in [0.3, 0.4) is 0 Å². The van der Waals surface area contributed by atoms with Crippen LogP contribution in [0.25, 0.3) is 11.3 Å². The van der Waals surface area contributed by atoms with Gasteiger partial charge in [-0.3, -0.25) is 14.9 Å². The van der Waals surface area contributed by atoms with Gasteiger partial charge in [0.25, 0.3) is 11.2 Å². The van der Waals surface area contributed by atoms with Crippen molar-refractivity contribution < 1.29 is 10.0 Å². The van der Waals surface area contributed by atoms with E-state index in [1.807, 2.05) is 0 Å². The lowest BCUT2D eigenvalue weighted by atomic mass is 10.1. The van der Waals surface area contributed by atoms with Crippen LogP contribution < -0.4 is 5.56 Å². The number of hydrogen-bond donors (Lipinski definition) is 1. The number of aliphatic hydroxyl groups is 1. The summed E-state index contributed by atoms with van der Waals surface area (Å²) in [6.45, 7) is -0.305. The molecule has 0 radical (unpaired) electrons. The molecule has 0 saturated heterocycles. The van der Waals surface area contributed by atoms with Gasteiger partial charge in [0, 0.05) is 29.3 Å². The summed E-state index contributed by atoms with van der Waals surface area (Å²) >= 11 is 0. The predicted octanol–water partition coefficient (Wildman–Crippen LogP) is 2.25. The molecule has 1 aromatic carbocycles. The Kier molecular flexibility index (Phi) is 3.31. The van der Waals surface area contributed by atoms with Crippen LogP contribution in [-0.4, -0.2) is 14.6 Å². The highest BCUT2D eigenvalue weighted by Gasteiger charge is 2.28. The fourth-order valence-corrected chi connectivity index (χ4v) is 2.42. The molecule has 1 aromatic heterocycles. The van der Waals surface area contributed by atoms with Gasteiger partial charge in [0.05, 0.1) is 17.2 Å². The minimum absolute atomic E-state index is 0.00599. The molecule has 0 aliphatic heterocycles. The molecular weight excluding hydrogens is 272 g/mol. The molecule has 6 nitrogen and oxygen atoms in total. The van der Waals surface area contributed by atoms with E-state index in [-0.39, 0.29) is 23.9 Å². The van der Waals surface area contributed by atoms with Gasteiger partial charge in [0.1, 0.15) is 0 Å². The van der Waals surface area contributed by atoms with E-state index in [2.05, 4.69) is 0 Å². The van der Waals surface area contributed by atoms with E-state index in [0.29, 0.717) is 16.8 Å². The minimum atomic E-state index is -0.453. The molecule has 6 heteroatoms. The number of nitro groups is 1. The Labute approximate surface area is 120 Å². The van der Waals surface area contributed by atoms with E-state index in [1.165, 1.54) is 12.1 Å². The summed E-state index contributed by atoms with van der Waals surface area (Å²) in [7, 11) is 0. The van der Waals surface area contributed by atoms with Gasteiger partial charge < -0.3 is 9.67 Å². The van der Waals surface area contributed by atoms with Crippen LogP contribution in [0.4, 0.5) is 5.69 Å². The Bertz CT molecular complexity index is 763. The lowest BCUT2D eigenvalue weighted by molar-refractivity contribution is -0.384. The zero-order valence-electron chi connectivity index (χ0n) is 11.2. The number of aliphatic hydroxyl groups excluding tert-OH is 1. The second kappa shape index (κ2) is 5.14. The summed E-state index contributed by atoms with van der Waals surface area (Å²) in [6, 6.07) is 9.68. The average Bonchev–Trinajstić information content (AvgIpc) is 3.31. The highest BCUT2D eigenvalue weighted by Crippen LogP contribution is 2.37. The van der Waals surface area contributed by atoms with Gasteiger partial charge >= 0.3 is 0 Å². The molecule has 1 aliphatic rings. The molecule has 0 amide bonds. The molecule has 0 bridgehead atoms. The predicted molar refractivity (Wildman–Crippen MR) is 77.0 cm³/mol. The Balaban J connectivity index is 2.18. The molecule has 1 fully saturated rings. The van der Waals surface area contributed by atoms with Gasteiger partial charge in [-0.1, -0.05) is 12.1 Å². The van der Waals surface area contributed by atoms with E-state index >= 15 is 0 Å². The van der Waals surface area contributed by atoms with E-state index < -0.39 is 4.92 Å². The van der Waals surface area contributed by atoms with Crippen LogP contribution in [0, 0.1) is 10.1 Å². The van der Waals surface area contributed by atoms with Crippen molar-refractivity contribution in [2.45, 2.75) is 25.5 Å². The average molecular weight is 286 g/mol. The maximum Gasteiger partial charge on any atom is 0.270 e. The lowest BCUT2D eigenvalue weighted by Crippen LogP contribution is -2.24. The third-order valence-corrected chi connectivity index (χ3v) is 3.63. The fraction of sp³-hybridized carbons (Fsp3) is 0.267. The van der Waals surface area contributed by atoms with Crippen LogP contribution >= 0.6 is 0 Å². The Morgan fingerprint density at radius 1 is 1.29 bits per heavy atom. The first-order valence-electron chi connectivity index (χ1n) is 6.72. The summed E-state index contributed by atoms with van der Waals surface area (Å²) in [6.07, 6.45) is 1.83. The number of non-ortho nitro benzene ring substituents is 1. The first kappa shape index (κ1) is 13.5. The van der Waals surface area contributed by atoms with Crippen LogP contribution in [0.15, 0.2) is 41.2 Å². The SMILES string of the molecule is O=c1c(CO)ccc(-c2cccc([N+](=O)[O-])c2)n1C1CC1. The van der Waals surface area contributed by atoms with Gasteiger partial charge in [0.2, 0.25) is 0 Å². The van der Waals surface area contributed by atoms with Gasteiger partial charge in [-0.25, -0.2) is 0 Å². The molecule has 1 aliphatic carbocycles. The quantitative estimate of drug-likeness (QED) is 0.690. The van der Waals surface area contributed by atoms with E-state index in [4.69, 9.17) is 0 Å². The van der Waals surface area contributed by atoms with Crippen LogP contribution in [0.1, 0.15) is 24.4 Å². The smallest absolute Gasteiger partial charge is 0.270 e. The topological polar surface area (TPSA) is 85.4 Å². The molecule has 1 heterocycles. The second-order valence-corrected chi connectivity index (χ2v) is 5.12. The molecule has 0 atom stereocenters. The Hall–Kier alpha value is -2.47. The van der Waals surface area contributed by atoms with Crippen LogP contribution in [0.5, 0.6) is 0 Å². The number of rotatable bonds is 4. The van der Waals surface area contributed by atoms with Crippen molar-refractivity contribution in [3.05, 3.63) is 62.4 Å². The highest BCUT2D eigenvalue weighted by molar-refractivity contribution is 5.63. The van der Waals surface area contributed by atoms with Crippen molar-refractivity contribution in [3.8, 4) is 11.3 Å². The standard InChI is InChI=1S/C15H14N2O4/c18-9-11-4-7-14(16(15(11)19)12-5-6-12)10-2-1-3-13(8-10)17(20)21/h1-4,7-8,12,18H,5-6,9H2. The Morgan fingerprint density at radius 3 is 2.67 bits per heavy atom.